The molecule has 5 nitrogen and oxygen atoms in total. The van der Waals surface area contributed by atoms with E-state index in [4.69, 9.17) is 15.0 Å². The van der Waals surface area contributed by atoms with Gasteiger partial charge in [0.15, 0.2) is 17.5 Å². The highest BCUT2D eigenvalue weighted by molar-refractivity contribution is 7.99. The van der Waals surface area contributed by atoms with E-state index in [0.717, 1.165) is 44.3 Å². The van der Waals surface area contributed by atoms with Crippen LogP contribution in [0.25, 0.3) is 109 Å². The first-order valence-corrected chi connectivity index (χ1v) is 21.0. The molecule has 0 radical (unpaired) electrons. The molecule has 0 bridgehead atoms. The van der Waals surface area contributed by atoms with Crippen LogP contribution in [0.3, 0.4) is 0 Å². The maximum Gasteiger partial charge on any atom is 0.165 e. The SMILES string of the molecule is c1cc(-c2nc(-c3cccc4ccccc34)nc(-c3cccc4c3sc3ccccc34)n2)cc(-n2c3ccccc3c3c4cccc5c4n(c32)-c2ccccc2S5)c1. The summed E-state index contributed by atoms with van der Waals surface area (Å²) in [5.41, 5.74) is 8.70. The van der Waals surface area contributed by atoms with Crippen LogP contribution in [0.4, 0.5) is 0 Å². The average molecular weight is 776 g/mol. The summed E-state index contributed by atoms with van der Waals surface area (Å²) in [6, 6.07) is 62.8. The van der Waals surface area contributed by atoms with Crippen LogP contribution < -0.4 is 0 Å². The molecule has 1 aliphatic heterocycles. The van der Waals surface area contributed by atoms with Gasteiger partial charge in [0.1, 0.15) is 5.65 Å². The smallest absolute Gasteiger partial charge is 0.165 e. The van der Waals surface area contributed by atoms with Crippen LogP contribution in [0.15, 0.2) is 186 Å². The summed E-state index contributed by atoms with van der Waals surface area (Å²) in [6.45, 7) is 0. The zero-order chi connectivity index (χ0) is 37.9. The molecule has 1 aliphatic rings. The fourth-order valence-electron chi connectivity index (χ4n) is 9.06. The number of aromatic nitrogens is 5. The third-order valence-electron chi connectivity index (χ3n) is 11.6. The molecule has 8 aromatic carbocycles. The van der Waals surface area contributed by atoms with Crippen LogP contribution >= 0.6 is 23.1 Å². The zero-order valence-electron chi connectivity index (χ0n) is 30.8. The van der Waals surface area contributed by atoms with Gasteiger partial charge in [-0.25, -0.2) is 15.0 Å². The van der Waals surface area contributed by atoms with Gasteiger partial charge in [-0.2, -0.15) is 0 Å². The predicted molar refractivity (Wildman–Crippen MR) is 242 cm³/mol. The lowest BCUT2D eigenvalue weighted by atomic mass is 10.0. The summed E-state index contributed by atoms with van der Waals surface area (Å²) in [6.07, 6.45) is 0. The number of hydrogen-bond donors (Lipinski definition) is 0. The van der Waals surface area contributed by atoms with E-state index in [1.807, 2.05) is 11.8 Å². The number of fused-ring (bicyclic) bond motifs is 11. The molecule has 0 spiro atoms. The van der Waals surface area contributed by atoms with E-state index in [-0.39, 0.29) is 0 Å². The minimum Gasteiger partial charge on any atom is -0.295 e. The van der Waals surface area contributed by atoms with Crippen LogP contribution in [0, 0.1) is 0 Å². The van der Waals surface area contributed by atoms with E-state index in [9.17, 15) is 0 Å². The third kappa shape index (κ3) is 4.57. The number of thiophene rings is 1. The van der Waals surface area contributed by atoms with E-state index in [1.54, 1.807) is 11.3 Å². The van der Waals surface area contributed by atoms with Crippen molar-refractivity contribution in [2.24, 2.45) is 0 Å². The van der Waals surface area contributed by atoms with E-state index in [0.29, 0.717) is 17.5 Å². The van der Waals surface area contributed by atoms with Crippen LogP contribution in [0.1, 0.15) is 0 Å². The monoisotopic (exact) mass is 775 g/mol. The summed E-state index contributed by atoms with van der Waals surface area (Å²) in [7, 11) is 0. The molecule has 4 aromatic heterocycles. The number of para-hydroxylation sites is 3. The maximum atomic E-state index is 5.33. The van der Waals surface area contributed by atoms with E-state index >= 15 is 0 Å². The molecule has 0 amide bonds. The highest BCUT2D eigenvalue weighted by atomic mass is 32.2. The molecule has 0 N–H and O–H groups in total. The normalized spacial score (nSPS) is 12.4. The molecule has 0 fully saturated rings. The molecule has 12 aromatic rings. The van der Waals surface area contributed by atoms with E-state index < -0.39 is 0 Å². The molecular formula is C51H29N5S2. The Labute approximate surface area is 340 Å². The van der Waals surface area contributed by atoms with Gasteiger partial charge in [0.05, 0.1) is 16.7 Å². The van der Waals surface area contributed by atoms with E-state index in [1.165, 1.54) is 57.3 Å². The topological polar surface area (TPSA) is 48.5 Å². The van der Waals surface area contributed by atoms with Crippen molar-refractivity contribution in [1.29, 1.82) is 0 Å². The Morgan fingerprint density at radius 1 is 0.448 bits per heavy atom. The predicted octanol–water partition coefficient (Wildman–Crippen LogP) is 13.9. The van der Waals surface area contributed by atoms with Crippen LogP contribution in [0.2, 0.25) is 0 Å². The molecule has 7 heteroatoms. The minimum absolute atomic E-state index is 0.631. The summed E-state index contributed by atoms with van der Waals surface area (Å²) in [5.74, 6) is 1.94. The fraction of sp³-hybridized carbons (Fsp3) is 0. The molecule has 0 atom stereocenters. The minimum atomic E-state index is 0.631. The Kier molecular flexibility index (Phi) is 6.76. The number of nitrogens with zero attached hydrogens (tertiary/aromatic N) is 5. The molecule has 0 unspecified atom stereocenters. The Balaban J connectivity index is 1.08. The highest BCUT2D eigenvalue weighted by Crippen LogP contribution is 2.49. The summed E-state index contributed by atoms with van der Waals surface area (Å²) in [4.78, 5) is 18.4. The summed E-state index contributed by atoms with van der Waals surface area (Å²) >= 11 is 3.64. The molecule has 0 saturated carbocycles. The van der Waals surface area contributed by atoms with Gasteiger partial charge in [0.2, 0.25) is 0 Å². The second-order valence-electron chi connectivity index (χ2n) is 14.8. The second-order valence-corrected chi connectivity index (χ2v) is 16.9. The first-order chi connectivity index (χ1) is 28.8. The molecule has 270 valence electrons. The number of hydrogen-bond acceptors (Lipinski definition) is 5. The van der Waals surface area contributed by atoms with Crippen LogP contribution in [0.5, 0.6) is 0 Å². The van der Waals surface area contributed by atoms with Crippen molar-refractivity contribution < 1.29 is 0 Å². The lowest BCUT2D eigenvalue weighted by Crippen LogP contribution is -2.06. The molecule has 0 aliphatic carbocycles. The van der Waals surface area contributed by atoms with Gasteiger partial charge in [-0.15, -0.1) is 11.3 Å². The summed E-state index contributed by atoms with van der Waals surface area (Å²) < 4.78 is 7.32. The number of rotatable bonds is 4. The largest absolute Gasteiger partial charge is 0.295 e. The quantitative estimate of drug-likeness (QED) is 0.179. The average Bonchev–Trinajstić information content (AvgIpc) is 3.95. The van der Waals surface area contributed by atoms with Crippen molar-refractivity contribution in [3.05, 3.63) is 176 Å². The lowest BCUT2D eigenvalue weighted by molar-refractivity contribution is 1.03. The van der Waals surface area contributed by atoms with Crippen molar-refractivity contribution >= 4 is 86.9 Å². The fourth-order valence-corrected chi connectivity index (χ4v) is 11.4. The van der Waals surface area contributed by atoms with Crippen molar-refractivity contribution in [3.8, 4) is 45.5 Å². The first-order valence-electron chi connectivity index (χ1n) is 19.4. The second kappa shape index (κ2) is 12.2. The van der Waals surface area contributed by atoms with Gasteiger partial charge in [-0.3, -0.25) is 9.13 Å². The lowest BCUT2D eigenvalue weighted by Gasteiger charge is -2.21. The Morgan fingerprint density at radius 2 is 1.10 bits per heavy atom. The van der Waals surface area contributed by atoms with Crippen molar-refractivity contribution in [2.45, 2.75) is 9.79 Å². The molecule has 58 heavy (non-hydrogen) atoms. The first kappa shape index (κ1) is 32.1. The Morgan fingerprint density at radius 3 is 2.05 bits per heavy atom. The Bertz CT molecular complexity index is 3680. The van der Waals surface area contributed by atoms with Crippen LogP contribution in [-0.2, 0) is 0 Å². The van der Waals surface area contributed by atoms with Gasteiger partial charge in [0, 0.05) is 68.5 Å². The highest BCUT2D eigenvalue weighted by Gasteiger charge is 2.28. The Hall–Kier alpha value is -7.06. The molecule has 0 saturated heterocycles. The van der Waals surface area contributed by atoms with Crippen molar-refractivity contribution in [1.82, 2.24) is 24.1 Å². The van der Waals surface area contributed by atoms with Crippen molar-refractivity contribution in [3.63, 3.8) is 0 Å². The van der Waals surface area contributed by atoms with Gasteiger partial charge < -0.3 is 0 Å². The van der Waals surface area contributed by atoms with E-state index in [2.05, 4.69) is 185 Å². The molecule has 13 rings (SSSR count). The molecular weight excluding hydrogens is 747 g/mol. The van der Waals surface area contributed by atoms with Crippen molar-refractivity contribution in [2.75, 3.05) is 0 Å². The van der Waals surface area contributed by atoms with Gasteiger partial charge in [-0.05, 0) is 59.3 Å². The van der Waals surface area contributed by atoms with Gasteiger partial charge in [-0.1, -0.05) is 139 Å². The maximum absolute atomic E-state index is 5.33. The zero-order valence-corrected chi connectivity index (χ0v) is 32.4. The standard InChI is InChI=1S/C51H29N5S2/c1-2-17-33-30(13-1)14-10-21-36(33)49-52-48(53-50(54-49)39-23-11-20-35-34-18-4-7-26-42(34)58-47(35)39)31-15-9-16-32(29-31)55-40-24-5-3-19-37(40)45-38-22-12-28-44-46(38)56(51(45)55)41-25-6-8-27-43(41)57-44/h1-29H. The summed E-state index contributed by atoms with van der Waals surface area (Å²) in [5, 5.41) is 8.46. The number of benzene rings is 8. The van der Waals surface area contributed by atoms with Crippen LogP contribution in [-0.4, -0.2) is 24.1 Å². The van der Waals surface area contributed by atoms with Gasteiger partial charge in [0.25, 0.3) is 0 Å². The molecule has 5 heterocycles. The van der Waals surface area contributed by atoms with Gasteiger partial charge >= 0.3 is 0 Å². The third-order valence-corrected chi connectivity index (χ3v) is 13.9.